The van der Waals surface area contributed by atoms with Crippen LogP contribution in [0.4, 0.5) is 20.2 Å². The van der Waals surface area contributed by atoms with E-state index >= 15 is 0 Å². The third kappa shape index (κ3) is 4.76. The van der Waals surface area contributed by atoms with E-state index in [-0.39, 0.29) is 23.2 Å². The van der Waals surface area contributed by atoms with E-state index in [1.165, 1.54) is 12.1 Å². The van der Waals surface area contributed by atoms with E-state index in [2.05, 4.69) is 10.3 Å². The Balaban J connectivity index is 1.73. The maximum Gasteiger partial charge on any atom is 0.310 e. The first-order chi connectivity index (χ1) is 13.9. The number of hydrogen-bond acceptors (Lipinski definition) is 6. The number of piperidine rings is 1. The van der Waals surface area contributed by atoms with Crippen LogP contribution >= 0.6 is 0 Å². The number of nitrogens with zero attached hydrogens (tertiary/aromatic N) is 3. The van der Waals surface area contributed by atoms with Crippen LogP contribution in [0.5, 0.6) is 5.75 Å². The van der Waals surface area contributed by atoms with Gasteiger partial charge in [-0.05, 0) is 25.1 Å². The smallest absolute Gasteiger partial charge is 0.310 e. The van der Waals surface area contributed by atoms with Crippen LogP contribution in [-0.4, -0.2) is 41.6 Å². The molecule has 0 bridgehead atoms. The molecule has 10 heteroatoms. The highest BCUT2D eigenvalue weighted by Crippen LogP contribution is 2.31. The van der Waals surface area contributed by atoms with Crippen LogP contribution in [0.3, 0.4) is 0 Å². The van der Waals surface area contributed by atoms with Crippen molar-refractivity contribution >= 4 is 17.3 Å². The van der Waals surface area contributed by atoms with Crippen molar-refractivity contribution in [2.75, 3.05) is 24.5 Å². The minimum absolute atomic E-state index is 0.0294. The van der Waals surface area contributed by atoms with Gasteiger partial charge in [-0.25, -0.2) is 13.8 Å². The molecule has 0 saturated carbocycles. The fourth-order valence-electron chi connectivity index (χ4n) is 3.17. The van der Waals surface area contributed by atoms with E-state index in [1.54, 1.807) is 11.8 Å². The second-order valence-electron chi connectivity index (χ2n) is 6.55. The number of ether oxygens (including phenoxy) is 1. The van der Waals surface area contributed by atoms with Gasteiger partial charge in [0.25, 0.3) is 5.91 Å². The Labute approximate surface area is 165 Å². The molecule has 0 spiro atoms. The van der Waals surface area contributed by atoms with E-state index in [9.17, 15) is 23.7 Å². The molecule has 0 unspecified atom stereocenters. The lowest BCUT2D eigenvalue weighted by atomic mass is 10.1. The standard InChI is InChI=1S/C19H20F2N4O4/c1-2-22-19(26)15-10-16(17(11-23-15)25(27)28)24-7-5-13(6-8-24)29-18-4-3-12(20)9-14(18)21/h3-4,9-11,13H,2,5-8H2,1H3,(H,22,26). The Kier molecular flexibility index (Phi) is 6.20. The summed E-state index contributed by atoms with van der Waals surface area (Å²) < 4.78 is 32.4. The van der Waals surface area contributed by atoms with Crippen molar-refractivity contribution in [2.24, 2.45) is 0 Å². The molecular weight excluding hydrogens is 386 g/mol. The molecule has 29 heavy (non-hydrogen) atoms. The van der Waals surface area contributed by atoms with Gasteiger partial charge in [-0.2, -0.15) is 0 Å². The number of nitrogens with one attached hydrogen (secondary N) is 1. The van der Waals surface area contributed by atoms with Crippen molar-refractivity contribution in [1.82, 2.24) is 10.3 Å². The number of hydrogen-bond donors (Lipinski definition) is 1. The van der Waals surface area contributed by atoms with Gasteiger partial charge < -0.3 is 15.0 Å². The zero-order chi connectivity index (χ0) is 21.0. The second-order valence-corrected chi connectivity index (χ2v) is 6.55. The van der Waals surface area contributed by atoms with Crippen LogP contribution < -0.4 is 15.0 Å². The van der Waals surface area contributed by atoms with Crippen molar-refractivity contribution in [3.8, 4) is 5.75 Å². The fourth-order valence-corrected chi connectivity index (χ4v) is 3.17. The van der Waals surface area contributed by atoms with E-state index < -0.39 is 22.5 Å². The van der Waals surface area contributed by atoms with Gasteiger partial charge in [0.15, 0.2) is 11.6 Å². The minimum Gasteiger partial charge on any atom is -0.487 e. The topological polar surface area (TPSA) is 97.6 Å². The molecule has 1 N–H and O–H groups in total. The zero-order valence-electron chi connectivity index (χ0n) is 15.7. The molecule has 0 aliphatic carbocycles. The summed E-state index contributed by atoms with van der Waals surface area (Å²) >= 11 is 0. The van der Waals surface area contributed by atoms with E-state index in [4.69, 9.17) is 4.74 Å². The van der Waals surface area contributed by atoms with Crippen LogP contribution in [0.2, 0.25) is 0 Å². The van der Waals surface area contributed by atoms with Crippen molar-refractivity contribution in [3.05, 3.63) is 57.9 Å². The SMILES string of the molecule is CCNC(=O)c1cc(N2CCC(Oc3ccc(F)cc3F)CC2)c([N+](=O)[O-])cn1. The first kappa shape index (κ1) is 20.4. The maximum absolute atomic E-state index is 13.8. The Bertz CT molecular complexity index is 917. The van der Waals surface area contributed by atoms with Crippen molar-refractivity contribution < 1.29 is 23.2 Å². The van der Waals surface area contributed by atoms with E-state index in [0.29, 0.717) is 38.2 Å². The van der Waals surface area contributed by atoms with Crippen LogP contribution in [-0.2, 0) is 0 Å². The summed E-state index contributed by atoms with van der Waals surface area (Å²) in [5.74, 6) is -1.90. The van der Waals surface area contributed by atoms with Gasteiger partial charge in [0, 0.05) is 38.5 Å². The molecule has 1 aliphatic heterocycles. The predicted molar refractivity (Wildman–Crippen MR) is 101 cm³/mol. The molecule has 2 heterocycles. The number of nitro groups is 1. The molecule has 8 nitrogen and oxygen atoms in total. The largest absolute Gasteiger partial charge is 0.487 e. The summed E-state index contributed by atoms with van der Waals surface area (Å²) in [7, 11) is 0. The molecule has 1 aromatic carbocycles. The molecule has 0 atom stereocenters. The van der Waals surface area contributed by atoms with Gasteiger partial charge in [-0.15, -0.1) is 0 Å². The lowest BCUT2D eigenvalue weighted by Crippen LogP contribution is -2.39. The first-order valence-electron chi connectivity index (χ1n) is 9.18. The molecule has 1 aromatic heterocycles. The Morgan fingerprint density at radius 2 is 2.07 bits per heavy atom. The lowest BCUT2D eigenvalue weighted by Gasteiger charge is -2.33. The summed E-state index contributed by atoms with van der Waals surface area (Å²) in [6, 6.07) is 4.53. The minimum atomic E-state index is -0.774. The number of carbonyl (C=O) groups is 1. The molecule has 0 radical (unpaired) electrons. The highest BCUT2D eigenvalue weighted by atomic mass is 19.1. The molecule has 1 saturated heterocycles. The van der Waals surface area contributed by atoms with Crippen LogP contribution in [0.15, 0.2) is 30.5 Å². The van der Waals surface area contributed by atoms with Gasteiger partial charge in [0.2, 0.25) is 0 Å². The average molecular weight is 406 g/mol. The summed E-state index contributed by atoms with van der Waals surface area (Å²) in [6.45, 7) is 2.99. The maximum atomic E-state index is 13.8. The molecule has 154 valence electrons. The molecule has 1 amide bonds. The number of pyridine rings is 1. The van der Waals surface area contributed by atoms with Gasteiger partial charge in [-0.3, -0.25) is 14.9 Å². The summed E-state index contributed by atoms with van der Waals surface area (Å²) in [5, 5.41) is 14.0. The number of benzene rings is 1. The molecule has 1 fully saturated rings. The Hall–Kier alpha value is -3.30. The predicted octanol–water partition coefficient (Wildman–Crippen LogP) is 3.07. The highest BCUT2D eigenvalue weighted by molar-refractivity contribution is 5.93. The van der Waals surface area contributed by atoms with Gasteiger partial charge >= 0.3 is 5.69 Å². The van der Waals surface area contributed by atoms with Crippen LogP contribution in [0.25, 0.3) is 0 Å². The highest BCUT2D eigenvalue weighted by Gasteiger charge is 2.28. The normalized spacial score (nSPS) is 14.5. The quantitative estimate of drug-likeness (QED) is 0.585. The van der Waals surface area contributed by atoms with Crippen LogP contribution in [0, 0.1) is 21.7 Å². The zero-order valence-corrected chi connectivity index (χ0v) is 15.7. The molecule has 1 aliphatic rings. The van der Waals surface area contributed by atoms with Gasteiger partial charge in [0.1, 0.15) is 29.5 Å². The summed E-state index contributed by atoms with van der Waals surface area (Å²) in [4.78, 5) is 28.5. The molecule has 3 rings (SSSR count). The van der Waals surface area contributed by atoms with Gasteiger partial charge in [0.05, 0.1) is 4.92 Å². The fraction of sp³-hybridized carbons (Fsp3) is 0.368. The second kappa shape index (κ2) is 8.80. The number of carbonyl (C=O) groups excluding carboxylic acids is 1. The number of anilines is 1. The van der Waals surface area contributed by atoms with Gasteiger partial charge in [-0.1, -0.05) is 0 Å². The first-order valence-corrected chi connectivity index (χ1v) is 9.18. The van der Waals surface area contributed by atoms with Crippen molar-refractivity contribution in [1.29, 1.82) is 0 Å². The monoisotopic (exact) mass is 406 g/mol. The molecular formula is C19H20F2N4O4. The van der Waals surface area contributed by atoms with E-state index in [0.717, 1.165) is 18.3 Å². The number of amides is 1. The summed E-state index contributed by atoms with van der Waals surface area (Å²) in [6.07, 6.45) is 1.73. The third-order valence-electron chi connectivity index (χ3n) is 4.60. The average Bonchev–Trinajstić information content (AvgIpc) is 2.70. The lowest BCUT2D eigenvalue weighted by molar-refractivity contribution is -0.384. The number of halogens is 2. The summed E-state index contributed by atoms with van der Waals surface area (Å²) in [5.41, 5.74) is 0.207. The number of aromatic nitrogens is 1. The Morgan fingerprint density at radius 3 is 2.69 bits per heavy atom. The number of rotatable bonds is 6. The molecule has 2 aromatic rings. The van der Waals surface area contributed by atoms with Crippen molar-refractivity contribution in [2.45, 2.75) is 25.9 Å². The van der Waals surface area contributed by atoms with Crippen molar-refractivity contribution in [3.63, 3.8) is 0 Å². The van der Waals surface area contributed by atoms with E-state index in [1.807, 2.05) is 0 Å². The third-order valence-corrected chi connectivity index (χ3v) is 4.60. The Morgan fingerprint density at radius 1 is 1.34 bits per heavy atom. The van der Waals surface area contributed by atoms with Crippen LogP contribution in [0.1, 0.15) is 30.3 Å².